The van der Waals surface area contributed by atoms with Crippen LogP contribution in [0.25, 0.3) is 6.08 Å². The Hall–Kier alpha value is -3.84. The fourth-order valence-corrected chi connectivity index (χ4v) is 2.53. The number of hydrogen-bond acceptors (Lipinski definition) is 4. The Morgan fingerprint density at radius 3 is 2.33 bits per heavy atom. The smallest absolute Gasteiger partial charge is 0.203 e. The van der Waals surface area contributed by atoms with Gasteiger partial charge in [-0.1, -0.05) is 42.5 Å². The number of carbonyl (C=O) groups excluding carboxylic acids is 1. The van der Waals surface area contributed by atoms with E-state index in [-0.39, 0.29) is 11.4 Å². The third-order valence-corrected chi connectivity index (χ3v) is 3.85. The van der Waals surface area contributed by atoms with E-state index in [1.807, 2.05) is 54.6 Å². The minimum atomic E-state index is -0.356. The number of ketones is 1. The maximum Gasteiger partial charge on any atom is 0.203 e. The Balaban J connectivity index is 1.86. The van der Waals surface area contributed by atoms with Gasteiger partial charge in [0.15, 0.2) is 0 Å². The van der Waals surface area contributed by atoms with Crippen LogP contribution in [0.3, 0.4) is 0 Å². The number of para-hydroxylation sites is 1. The van der Waals surface area contributed by atoms with Crippen molar-refractivity contribution in [2.45, 2.75) is 0 Å². The number of nitrogens with zero attached hydrogens (tertiary/aromatic N) is 1. The van der Waals surface area contributed by atoms with Gasteiger partial charge in [-0.2, -0.15) is 5.26 Å². The Bertz CT molecular complexity index is 1020. The SMILES string of the molecule is COc1cccc(C(=O)/C(C#N)=C/c2cccc(Oc3ccccc3)c2)c1. The van der Waals surface area contributed by atoms with E-state index in [1.165, 1.54) is 7.11 Å². The summed E-state index contributed by atoms with van der Waals surface area (Å²) in [5.41, 5.74) is 1.15. The molecule has 0 aliphatic carbocycles. The molecular formula is C23H17NO3. The van der Waals surface area contributed by atoms with E-state index in [0.29, 0.717) is 28.4 Å². The minimum Gasteiger partial charge on any atom is -0.497 e. The van der Waals surface area contributed by atoms with E-state index in [9.17, 15) is 10.1 Å². The highest BCUT2D eigenvalue weighted by Gasteiger charge is 2.13. The summed E-state index contributed by atoms with van der Waals surface area (Å²) in [5.74, 6) is 1.55. The maximum atomic E-state index is 12.6. The van der Waals surface area contributed by atoms with E-state index in [2.05, 4.69) is 0 Å². The molecule has 0 amide bonds. The lowest BCUT2D eigenvalue weighted by Crippen LogP contribution is -2.02. The molecule has 0 aliphatic rings. The summed E-state index contributed by atoms with van der Waals surface area (Å²) >= 11 is 0. The first-order valence-electron chi connectivity index (χ1n) is 8.33. The molecule has 0 bridgehead atoms. The Morgan fingerprint density at radius 1 is 0.889 bits per heavy atom. The maximum absolute atomic E-state index is 12.6. The quantitative estimate of drug-likeness (QED) is 0.343. The normalized spacial score (nSPS) is 10.7. The van der Waals surface area contributed by atoms with Gasteiger partial charge in [-0.05, 0) is 48.0 Å². The molecular weight excluding hydrogens is 338 g/mol. The van der Waals surface area contributed by atoms with E-state index >= 15 is 0 Å². The summed E-state index contributed by atoms with van der Waals surface area (Å²) in [4.78, 5) is 12.6. The highest BCUT2D eigenvalue weighted by Crippen LogP contribution is 2.23. The number of carbonyl (C=O) groups is 1. The lowest BCUT2D eigenvalue weighted by molar-refractivity contribution is 0.103. The average molecular weight is 355 g/mol. The van der Waals surface area contributed by atoms with Crippen LogP contribution in [0, 0.1) is 11.3 Å². The van der Waals surface area contributed by atoms with Crippen molar-refractivity contribution in [3.63, 3.8) is 0 Å². The molecule has 0 fully saturated rings. The van der Waals surface area contributed by atoms with Crippen LogP contribution in [-0.2, 0) is 0 Å². The second-order valence-electron chi connectivity index (χ2n) is 5.72. The largest absolute Gasteiger partial charge is 0.497 e. The first kappa shape index (κ1) is 18.0. The summed E-state index contributed by atoms with van der Waals surface area (Å²) in [7, 11) is 1.53. The first-order chi connectivity index (χ1) is 13.2. The van der Waals surface area contributed by atoms with Crippen LogP contribution in [0.1, 0.15) is 15.9 Å². The number of allylic oxidation sites excluding steroid dienone is 1. The highest BCUT2D eigenvalue weighted by molar-refractivity contribution is 6.14. The molecule has 0 saturated carbocycles. The van der Waals surface area contributed by atoms with Crippen molar-refractivity contribution < 1.29 is 14.3 Å². The van der Waals surface area contributed by atoms with Crippen molar-refractivity contribution in [3.05, 3.63) is 95.6 Å². The summed E-state index contributed by atoms with van der Waals surface area (Å²) in [5, 5.41) is 9.45. The molecule has 3 aromatic rings. The molecule has 0 aliphatic heterocycles. The first-order valence-corrected chi connectivity index (χ1v) is 8.33. The van der Waals surface area contributed by atoms with E-state index in [1.54, 1.807) is 36.4 Å². The number of nitriles is 1. The van der Waals surface area contributed by atoms with Gasteiger partial charge in [-0.3, -0.25) is 4.79 Å². The molecule has 0 N–H and O–H groups in total. The molecule has 0 atom stereocenters. The van der Waals surface area contributed by atoms with Crippen LogP contribution in [0.15, 0.2) is 84.4 Å². The molecule has 0 heterocycles. The van der Waals surface area contributed by atoms with Crippen molar-refractivity contribution in [1.29, 1.82) is 5.26 Å². The predicted octanol–water partition coefficient (Wildman–Crippen LogP) is 5.28. The van der Waals surface area contributed by atoms with Crippen LogP contribution >= 0.6 is 0 Å². The molecule has 3 rings (SSSR count). The molecule has 0 saturated heterocycles. The van der Waals surface area contributed by atoms with Crippen LogP contribution in [0.5, 0.6) is 17.2 Å². The molecule has 132 valence electrons. The number of Topliss-reactive ketones (excluding diaryl/α,β-unsaturated/α-hetero) is 1. The zero-order valence-electron chi connectivity index (χ0n) is 14.8. The summed E-state index contributed by atoms with van der Waals surface area (Å²) in [6.07, 6.45) is 1.56. The molecule has 27 heavy (non-hydrogen) atoms. The lowest BCUT2D eigenvalue weighted by Gasteiger charge is -2.06. The van der Waals surface area contributed by atoms with Gasteiger partial charge in [0.2, 0.25) is 5.78 Å². The Morgan fingerprint density at radius 2 is 1.59 bits per heavy atom. The van der Waals surface area contributed by atoms with E-state index in [0.717, 1.165) is 0 Å². The summed E-state index contributed by atoms with van der Waals surface area (Å²) in [6, 6.07) is 25.4. The van der Waals surface area contributed by atoms with Crippen LogP contribution in [0.4, 0.5) is 0 Å². The highest BCUT2D eigenvalue weighted by atomic mass is 16.5. The van der Waals surface area contributed by atoms with Crippen LogP contribution < -0.4 is 9.47 Å². The second kappa shape index (κ2) is 8.50. The summed E-state index contributed by atoms with van der Waals surface area (Å²) < 4.78 is 10.9. The standard InChI is InChI=1S/C23H17NO3/c1-26-21-11-6-8-18(15-21)23(25)19(16-24)13-17-7-5-12-22(14-17)27-20-9-3-2-4-10-20/h2-15H,1H3/b19-13+. The second-order valence-corrected chi connectivity index (χ2v) is 5.72. The topological polar surface area (TPSA) is 59.3 Å². The molecule has 4 nitrogen and oxygen atoms in total. The van der Waals surface area contributed by atoms with Gasteiger partial charge in [0.05, 0.1) is 7.11 Å². The van der Waals surface area contributed by atoms with Gasteiger partial charge in [0.25, 0.3) is 0 Å². The van der Waals surface area contributed by atoms with Gasteiger partial charge in [-0.15, -0.1) is 0 Å². The molecule has 0 unspecified atom stereocenters. The van der Waals surface area contributed by atoms with Crippen molar-refractivity contribution >= 4 is 11.9 Å². The monoisotopic (exact) mass is 355 g/mol. The Kier molecular flexibility index (Phi) is 5.66. The molecule has 0 spiro atoms. The number of benzene rings is 3. The van der Waals surface area contributed by atoms with E-state index in [4.69, 9.17) is 9.47 Å². The van der Waals surface area contributed by atoms with Crippen LogP contribution in [0.2, 0.25) is 0 Å². The lowest BCUT2D eigenvalue weighted by atomic mass is 10.0. The molecule has 0 radical (unpaired) electrons. The summed E-state index contributed by atoms with van der Waals surface area (Å²) in [6.45, 7) is 0. The fraction of sp³-hybridized carbons (Fsp3) is 0.0435. The van der Waals surface area contributed by atoms with Crippen molar-refractivity contribution in [2.24, 2.45) is 0 Å². The van der Waals surface area contributed by atoms with Gasteiger partial charge >= 0.3 is 0 Å². The van der Waals surface area contributed by atoms with Gasteiger partial charge in [0.1, 0.15) is 28.9 Å². The van der Waals surface area contributed by atoms with Gasteiger partial charge in [-0.25, -0.2) is 0 Å². The third kappa shape index (κ3) is 4.62. The number of hydrogen-bond donors (Lipinski definition) is 0. The zero-order valence-corrected chi connectivity index (χ0v) is 14.8. The third-order valence-electron chi connectivity index (χ3n) is 3.85. The number of methoxy groups -OCH3 is 1. The molecule has 3 aromatic carbocycles. The fourth-order valence-electron chi connectivity index (χ4n) is 2.53. The average Bonchev–Trinajstić information content (AvgIpc) is 2.72. The number of rotatable bonds is 6. The predicted molar refractivity (Wildman–Crippen MR) is 104 cm³/mol. The van der Waals surface area contributed by atoms with Crippen molar-refractivity contribution in [3.8, 4) is 23.3 Å². The minimum absolute atomic E-state index is 0.0418. The molecule has 0 aromatic heterocycles. The van der Waals surface area contributed by atoms with Crippen LogP contribution in [-0.4, -0.2) is 12.9 Å². The number of ether oxygens (including phenoxy) is 2. The Labute approximate surface area is 157 Å². The van der Waals surface area contributed by atoms with Gasteiger partial charge < -0.3 is 9.47 Å². The van der Waals surface area contributed by atoms with Crippen molar-refractivity contribution in [1.82, 2.24) is 0 Å². The van der Waals surface area contributed by atoms with E-state index < -0.39 is 0 Å². The zero-order chi connectivity index (χ0) is 19.1. The van der Waals surface area contributed by atoms with Crippen molar-refractivity contribution in [2.75, 3.05) is 7.11 Å². The molecule has 4 heteroatoms. The van der Waals surface area contributed by atoms with Gasteiger partial charge in [0, 0.05) is 5.56 Å².